The summed E-state index contributed by atoms with van der Waals surface area (Å²) < 4.78 is 59.7. The fourth-order valence-corrected chi connectivity index (χ4v) is 5.95. The fourth-order valence-electron chi connectivity index (χ4n) is 3.01. The van der Waals surface area contributed by atoms with Crippen LogP contribution in [0.4, 0.5) is 17.6 Å². The van der Waals surface area contributed by atoms with E-state index in [-0.39, 0.29) is 9.75 Å². The smallest absolute Gasteiger partial charge is 0.287 e. The predicted molar refractivity (Wildman–Crippen MR) is 97.8 cm³/mol. The summed E-state index contributed by atoms with van der Waals surface area (Å²) in [5, 5.41) is 0. The Morgan fingerprint density at radius 2 is 1.04 bits per heavy atom. The maximum Gasteiger partial charge on any atom is 0.337 e. The highest BCUT2D eigenvalue weighted by molar-refractivity contribution is 9.11. The average molecular weight is 528 g/mol. The first-order chi connectivity index (χ1) is 12.1. The summed E-state index contributed by atoms with van der Waals surface area (Å²) in [6, 6.07) is 5.44. The van der Waals surface area contributed by atoms with Gasteiger partial charge in [-0.05, 0) is 56.1 Å². The molecule has 134 valence electrons. The zero-order valence-corrected chi connectivity index (χ0v) is 17.0. The van der Waals surface area contributed by atoms with Gasteiger partial charge in [0.2, 0.25) is 11.6 Å². The molecule has 0 atom stereocenters. The van der Waals surface area contributed by atoms with Crippen molar-refractivity contribution in [2.24, 2.45) is 0 Å². The largest absolute Gasteiger partial charge is 0.337 e. The minimum atomic E-state index is -4.04. The first-order valence-electron chi connectivity index (χ1n) is 6.93. The van der Waals surface area contributed by atoms with Crippen molar-refractivity contribution >= 4 is 77.2 Å². The summed E-state index contributed by atoms with van der Waals surface area (Å²) in [5.74, 6) is -11.6. The Morgan fingerprint density at radius 3 is 1.31 bits per heavy atom. The summed E-state index contributed by atoms with van der Waals surface area (Å²) in [6.45, 7) is 0. The van der Waals surface area contributed by atoms with Gasteiger partial charge in [0.05, 0.1) is 18.7 Å². The molecule has 4 rings (SSSR count). The zero-order chi connectivity index (χ0) is 19.0. The number of carbonyl (C=O) groups is 2. The SMILES string of the molecule is O=C1C2=C(c3ccc(Br)s3)C(F)(F)C(=O)C2=C(c2ccc(Br)s2)C1(F)F. The van der Waals surface area contributed by atoms with Crippen LogP contribution in [0.2, 0.25) is 0 Å². The molecule has 0 aromatic carbocycles. The molecule has 2 heterocycles. The molecule has 2 aromatic rings. The summed E-state index contributed by atoms with van der Waals surface area (Å²) >= 11 is 7.91. The Kier molecular flexibility index (Phi) is 4.00. The Labute approximate surface area is 168 Å². The molecule has 0 unspecified atom stereocenters. The standard InChI is InChI=1S/C16H4Br2F4O2S2/c17-7-3-1-5(25-7)11-9-10(14(24)15(11,19)20)12(16(21,22)13(9)23)6-2-4-8(18)26-6/h1-4H. The van der Waals surface area contributed by atoms with E-state index in [2.05, 4.69) is 31.9 Å². The minimum absolute atomic E-state index is 0.0991. The lowest BCUT2D eigenvalue weighted by Gasteiger charge is -2.16. The Balaban J connectivity index is 2.09. The van der Waals surface area contributed by atoms with Gasteiger partial charge in [-0.25, -0.2) is 0 Å². The first kappa shape index (κ1) is 18.3. The Hall–Kier alpha value is -1.10. The van der Waals surface area contributed by atoms with Crippen LogP contribution < -0.4 is 0 Å². The van der Waals surface area contributed by atoms with Crippen LogP contribution in [0.1, 0.15) is 9.75 Å². The monoisotopic (exact) mass is 526 g/mol. The van der Waals surface area contributed by atoms with E-state index in [1.807, 2.05) is 0 Å². The van der Waals surface area contributed by atoms with Gasteiger partial charge in [0.1, 0.15) is 0 Å². The van der Waals surface area contributed by atoms with Crippen molar-refractivity contribution in [3.63, 3.8) is 0 Å². The van der Waals surface area contributed by atoms with E-state index < -0.39 is 45.7 Å². The molecule has 0 saturated heterocycles. The minimum Gasteiger partial charge on any atom is -0.287 e. The third-order valence-corrected chi connectivity index (χ3v) is 7.32. The number of thiophene rings is 2. The maximum absolute atomic E-state index is 14.7. The molecule has 10 heteroatoms. The lowest BCUT2D eigenvalue weighted by Crippen LogP contribution is -2.30. The second-order valence-electron chi connectivity index (χ2n) is 5.51. The quantitative estimate of drug-likeness (QED) is 0.450. The fraction of sp³-hybridized carbons (Fsp3) is 0.125. The first-order valence-corrected chi connectivity index (χ1v) is 10.1. The summed E-state index contributed by atoms with van der Waals surface area (Å²) in [6.07, 6.45) is 0. The molecular formula is C16H4Br2F4O2S2. The molecule has 0 N–H and O–H groups in total. The summed E-state index contributed by atoms with van der Waals surface area (Å²) in [4.78, 5) is 24.5. The van der Waals surface area contributed by atoms with Crippen molar-refractivity contribution in [2.45, 2.75) is 11.8 Å². The zero-order valence-electron chi connectivity index (χ0n) is 12.2. The molecule has 0 spiro atoms. The molecule has 0 fully saturated rings. The Bertz CT molecular complexity index is 978. The summed E-state index contributed by atoms with van der Waals surface area (Å²) in [5.41, 5.74) is -3.63. The van der Waals surface area contributed by atoms with Crippen molar-refractivity contribution in [3.8, 4) is 0 Å². The second-order valence-corrected chi connectivity index (χ2v) is 10.4. The number of rotatable bonds is 2. The van der Waals surface area contributed by atoms with Crippen LogP contribution in [0.25, 0.3) is 11.1 Å². The van der Waals surface area contributed by atoms with Crippen LogP contribution in [0.5, 0.6) is 0 Å². The predicted octanol–water partition coefficient (Wildman–Crippen LogP) is 5.98. The van der Waals surface area contributed by atoms with Crippen LogP contribution >= 0.6 is 54.5 Å². The molecule has 0 radical (unpaired) electrons. The second kappa shape index (κ2) is 5.70. The van der Waals surface area contributed by atoms with Gasteiger partial charge >= 0.3 is 11.8 Å². The van der Waals surface area contributed by atoms with Crippen molar-refractivity contribution in [3.05, 3.63) is 52.7 Å². The number of halogens is 6. The van der Waals surface area contributed by atoms with Crippen molar-refractivity contribution in [1.29, 1.82) is 0 Å². The van der Waals surface area contributed by atoms with Crippen LogP contribution in [-0.4, -0.2) is 23.4 Å². The van der Waals surface area contributed by atoms with Gasteiger partial charge in [-0.15, -0.1) is 22.7 Å². The van der Waals surface area contributed by atoms with Crippen LogP contribution in [0.3, 0.4) is 0 Å². The van der Waals surface area contributed by atoms with E-state index >= 15 is 0 Å². The van der Waals surface area contributed by atoms with E-state index in [9.17, 15) is 27.2 Å². The topological polar surface area (TPSA) is 34.1 Å². The molecule has 2 nitrogen and oxygen atoms in total. The van der Waals surface area contributed by atoms with Crippen molar-refractivity contribution in [2.75, 3.05) is 0 Å². The van der Waals surface area contributed by atoms with E-state index in [1.165, 1.54) is 24.3 Å². The molecule has 26 heavy (non-hydrogen) atoms. The lowest BCUT2D eigenvalue weighted by molar-refractivity contribution is -0.130. The molecule has 0 aliphatic heterocycles. The van der Waals surface area contributed by atoms with E-state index in [0.29, 0.717) is 7.57 Å². The van der Waals surface area contributed by atoms with Gasteiger partial charge in [-0.1, -0.05) is 0 Å². The van der Waals surface area contributed by atoms with Crippen LogP contribution in [0.15, 0.2) is 43.0 Å². The third kappa shape index (κ3) is 2.31. The van der Waals surface area contributed by atoms with Gasteiger partial charge < -0.3 is 0 Å². The normalized spacial score (nSPS) is 21.2. The average Bonchev–Trinajstić information content (AvgIpc) is 3.24. The van der Waals surface area contributed by atoms with Crippen LogP contribution in [-0.2, 0) is 9.59 Å². The molecule has 0 amide bonds. The van der Waals surface area contributed by atoms with Gasteiger partial charge in [0.25, 0.3) is 0 Å². The third-order valence-electron chi connectivity index (χ3n) is 4.04. The van der Waals surface area contributed by atoms with Gasteiger partial charge in [-0.2, -0.15) is 17.6 Å². The number of hydrogen-bond donors (Lipinski definition) is 0. The maximum atomic E-state index is 14.7. The lowest BCUT2D eigenvalue weighted by atomic mass is 10.0. The van der Waals surface area contributed by atoms with E-state index in [0.717, 1.165) is 22.7 Å². The number of allylic oxidation sites excluding steroid dienone is 4. The van der Waals surface area contributed by atoms with Gasteiger partial charge in [0, 0.05) is 20.9 Å². The van der Waals surface area contributed by atoms with E-state index in [4.69, 9.17) is 0 Å². The highest BCUT2D eigenvalue weighted by Gasteiger charge is 2.66. The summed E-state index contributed by atoms with van der Waals surface area (Å²) in [7, 11) is 0. The number of alkyl halides is 4. The molecular weight excluding hydrogens is 524 g/mol. The van der Waals surface area contributed by atoms with Crippen molar-refractivity contribution < 1.29 is 27.2 Å². The van der Waals surface area contributed by atoms with Crippen LogP contribution in [0, 0.1) is 0 Å². The van der Waals surface area contributed by atoms with E-state index in [1.54, 1.807) is 0 Å². The number of ketones is 2. The van der Waals surface area contributed by atoms with Gasteiger partial charge in [-0.3, -0.25) is 9.59 Å². The molecule has 0 saturated carbocycles. The number of fused-ring (bicyclic) bond motifs is 1. The highest BCUT2D eigenvalue weighted by atomic mass is 79.9. The van der Waals surface area contributed by atoms with Crippen molar-refractivity contribution in [1.82, 2.24) is 0 Å². The molecule has 0 bridgehead atoms. The highest BCUT2D eigenvalue weighted by Crippen LogP contribution is 2.58. The number of Topliss-reactive ketones (excluding diaryl/α,β-unsaturated/α-hetero) is 2. The molecule has 2 aromatic heterocycles. The number of hydrogen-bond acceptors (Lipinski definition) is 4. The van der Waals surface area contributed by atoms with Gasteiger partial charge in [0.15, 0.2) is 0 Å². The molecule has 2 aliphatic rings. The number of carbonyl (C=O) groups excluding carboxylic acids is 2. The molecule has 2 aliphatic carbocycles. The Morgan fingerprint density at radius 1 is 0.692 bits per heavy atom.